The fourth-order valence-corrected chi connectivity index (χ4v) is 1.44. The molecular formula is C6H2BrClF3MgN. The van der Waals surface area contributed by atoms with Crippen molar-refractivity contribution in [1.29, 1.82) is 0 Å². The van der Waals surface area contributed by atoms with Gasteiger partial charge in [0.25, 0.3) is 0 Å². The van der Waals surface area contributed by atoms with Crippen LogP contribution < -0.4 is 16.2 Å². The monoisotopic (exact) mass is 283 g/mol. The van der Waals surface area contributed by atoms with Gasteiger partial charge in [0.15, 0.2) is 0 Å². The van der Waals surface area contributed by atoms with Crippen LogP contribution in [-0.2, 0) is 6.18 Å². The summed E-state index contributed by atoms with van der Waals surface area (Å²) in [5, 5.41) is 0. The predicted molar refractivity (Wildman–Crippen MR) is 42.3 cm³/mol. The van der Waals surface area contributed by atoms with Crippen molar-refractivity contribution in [2.45, 2.75) is 6.18 Å². The van der Waals surface area contributed by atoms with E-state index in [4.69, 9.17) is 0 Å². The van der Waals surface area contributed by atoms with Crippen molar-refractivity contribution in [2.75, 3.05) is 0 Å². The van der Waals surface area contributed by atoms with Gasteiger partial charge >= 0.3 is 88.1 Å². The zero-order valence-electron chi connectivity index (χ0n) is 6.20. The molecule has 0 aliphatic rings. The molecule has 68 valence electrons. The summed E-state index contributed by atoms with van der Waals surface area (Å²) in [7, 11) is 0. The van der Waals surface area contributed by atoms with Gasteiger partial charge in [0, 0.05) is 0 Å². The Labute approximate surface area is 100 Å². The van der Waals surface area contributed by atoms with E-state index in [0.717, 1.165) is 12.3 Å². The van der Waals surface area contributed by atoms with Gasteiger partial charge in [-0.05, 0) is 0 Å². The van der Waals surface area contributed by atoms with Gasteiger partial charge in [-0.2, -0.15) is 0 Å². The summed E-state index contributed by atoms with van der Waals surface area (Å²) >= 11 is 4.10. The summed E-state index contributed by atoms with van der Waals surface area (Å²) in [5.74, 6) is 0. The number of nitrogens with zero attached hydrogens (tertiary/aromatic N) is 1. The third kappa shape index (κ3) is 3.61. The molecule has 1 aromatic rings. The van der Waals surface area contributed by atoms with Crippen LogP contribution in [0.1, 0.15) is 5.56 Å². The van der Waals surface area contributed by atoms with E-state index in [-0.39, 0.29) is 16.9 Å². The molecule has 13 heavy (non-hydrogen) atoms. The molecule has 0 atom stereocenters. The molecule has 1 nitrogen and oxygen atoms in total. The number of pyridine rings is 1. The molecule has 7 heteroatoms. The second-order valence-electron chi connectivity index (χ2n) is 2.15. The van der Waals surface area contributed by atoms with Gasteiger partial charge in [-0.25, -0.2) is 0 Å². The van der Waals surface area contributed by atoms with E-state index in [9.17, 15) is 13.2 Å². The molecule has 0 amide bonds. The Morgan fingerprint density at radius 3 is 2.31 bits per heavy atom. The molecule has 1 rings (SSSR count). The maximum Gasteiger partial charge on any atom is -1.00 e. The van der Waals surface area contributed by atoms with E-state index in [1.165, 1.54) is 21.7 Å². The summed E-state index contributed by atoms with van der Waals surface area (Å²) in [6.45, 7) is 0. The van der Waals surface area contributed by atoms with Crippen LogP contribution in [0.15, 0.2) is 16.7 Å². The van der Waals surface area contributed by atoms with E-state index in [1.807, 2.05) is 0 Å². The van der Waals surface area contributed by atoms with Gasteiger partial charge in [0.2, 0.25) is 0 Å². The van der Waals surface area contributed by atoms with Gasteiger partial charge in [0.05, 0.1) is 0 Å². The SMILES string of the molecule is FC(F)(F)c1c[c]([Mg+])ncc1Br.[Cl-]. The van der Waals surface area contributed by atoms with Gasteiger partial charge in [-0.3, -0.25) is 0 Å². The molecule has 0 saturated heterocycles. The van der Waals surface area contributed by atoms with E-state index >= 15 is 0 Å². The summed E-state index contributed by atoms with van der Waals surface area (Å²) in [4.78, 5) is 3.72. The van der Waals surface area contributed by atoms with Crippen LogP contribution >= 0.6 is 15.9 Å². The van der Waals surface area contributed by atoms with Crippen molar-refractivity contribution >= 4 is 41.5 Å². The van der Waals surface area contributed by atoms with E-state index in [1.54, 1.807) is 0 Å². The number of rotatable bonds is 0. The predicted octanol–water partition coefficient (Wildman–Crippen LogP) is -1.34. The molecule has 0 spiro atoms. The second kappa shape index (κ2) is 4.81. The molecule has 0 N–H and O–H groups in total. The first-order valence-electron chi connectivity index (χ1n) is 2.96. The van der Waals surface area contributed by atoms with Gasteiger partial charge in [-0.15, -0.1) is 0 Å². The van der Waals surface area contributed by atoms with Crippen molar-refractivity contribution in [2.24, 2.45) is 0 Å². The minimum Gasteiger partial charge on any atom is -1.00 e. The minimum absolute atomic E-state index is 0. The van der Waals surface area contributed by atoms with Gasteiger partial charge < -0.3 is 12.4 Å². The zero-order valence-corrected chi connectivity index (χ0v) is 9.95. The molecule has 0 saturated carbocycles. The second-order valence-corrected chi connectivity index (χ2v) is 3.73. The number of hydrogen-bond donors (Lipinski definition) is 0. The van der Waals surface area contributed by atoms with Crippen molar-refractivity contribution in [3.05, 3.63) is 22.3 Å². The number of aromatic nitrogens is 1. The number of hydrogen-bond acceptors (Lipinski definition) is 1. The largest absolute Gasteiger partial charge is 1.00 e. The number of alkyl halides is 3. The third-order valence-electron chi connectivity index (χ3n) is 1.22. The number of halogens is 5. The fourth-order valence-electron chi connectivity index (χ4n) is 0.699. The Morgan fingerprint density at radius 1 is 1.38 bits per heavy atom. The molecule has 1 aromatic heterocycles. The third-order valence-corrected chi connectivity index (χ3v) is 2.24. The first-order valence-corrected chi connectivity index (χ1v) is 4.46. The van der Waals surface area contributed by atoms with Crippen LogP contribution in [-0.4, -0.2) is 26.7 Å². The molecule has 0 aliphatic carbocycles. The van der Waals surface area contributed by atoms with Crippen LogP contribution in [0.4, 0.5) is 13.2 Å². The summed E-state index contributed by atoms with van der Waals surface area (Å²) in [6, 6.07) is 1.02. The van der Waals surface area contributed by atoms with E-state index in [2.05, 4.69) is 20.9 Å². The van der Waals surface area contributed by atoms with Crippen molar-refractivity contribution in [3.63, 3.8) is 0 Å². The average molecular weight is 285 g/mol. The Hall–Kier alpha value is 0.476. The maximum atomic E-state index is 12.2. The Balaban J connectivity index is 0.00000144. The topological polar surface area (TPSA) is 12.9 Å². The molecule has 0 fully saturated rings. The first kappa shape index (κ1) is 13.5. The molecular weight excluding hydrogens is 283 g/mol. The van der Waals surface area contributed by atoms with Gasteiger partial charge in [-0.1, -0.05) is 0 Å². The van der Waals surface area contributed by atoms with Crippen molar-refractivity contribution in [3.8, 4) is 0 Å². The summed E-state index contributed by atoms with van der Waals surface area (Å²) in [6.07, 6.45) is -3.15. The molecule has 0 unspecified atom stereocenters. The Morgan fingerprint density at radius 2 is 1.92 bits per heavy atom. The smallest absolute Gasteiger partial charge is 1.00 e. The summed E-state index contributed by atoms with van der Waals surface area (Å²) < 4.78 is 36.9. The van der Waals surface area contributed by atoms with Crippen LogP contribution in [0.25, 0.3) is 0 Å². The average Bonchev–Trinajstić information content (AvgIpc) is 1.92. The van der Waals surface area contributed by atoms with E-state index in [0.29, 0.717) is 3.82 Å². The van der Waals surface area contributed by atoms with Gasteiger partial charge in [0.1, 0.15) is 0 Å². The summed E-state index contributed by atoms with van der Waals surface area (Å²) in [5.41, 5.74) is -0.678. The molecule has 1 heterocycles. The normalized spacial score (nSPS) is 10.9. The van der Waals surface area contributed by atoms with E-state index < -0.39 is 11.7 Å². The standard InChI is InChI=1S/C6H2BrF3N.ClH.Mg/c7-5-3-11-2-1-4(5)6(8,9)10;;/h1,3H;1H;/q;;+1/p-1. The zero-order chi connectivity index (χ0) is 9.35. The fraction of sp³-hybridized carbons (Fsp3) is 0.167. The maximum absolute atomic E-state index is 12.2. The van der Waals surface area contributed by atoms with Crippen LogP contribution in [0.2, 0.25) is 0 Å². The van der Waals surface area contributed by atoms with Crippen molar-refractivity contribution < 1.29 is 25.6 Å². The van der Waals surface area contributed by atoms with Crippen LogP contribution in [0.3, 0.4) is 0 Å². The molecule has 0 aromatic carbocycles. The Bertz CT molecular complexity index is 304. The Kier molecular flexibility index (Phi) is 4.99. The van der Waals surface area contributed by atoms with Crippen molar-refractivity contribution in [1.82, 2.24) is 4.98 Å². The molecule has 0 aliphatic heterocycles. The first-order chi connectivity index (χ1) is 5.41. The van der Waals surface area contributed by atoms with Crippen LogP contribution in [0, 0.1) is 0 Å². The minimum atomic E-state index is -4.31. The molecule has 0 bridgehead atoms. The quantitative estimate of drug-likeness (QED) is 0.538. The molecule has 0 radical (unpaired) electrons. The van der Waals surface area contributed by atoms with Crippen LogP contribution in [0.5, 0.6) is 0 Å².